The number of ether oxygens (including phenoxy) is 1. The molecule has 0 saturated carbocycles. The zero-order valence-electron chi connectivity index (χ0n) is 21.7. The van der Waals surface area contributed by atoms with Gasteiger partial charge in [-0.1, -0.05) is 24.3 Å². The summed E-state index contributed by atoms with van der Waals surface area (Å²) < 4.78 is 5.40. The number of aromatic nitrogens is 2. The number of carbonyl (C=O) groups excluding carboxylic acids is 1. The molecule has 4 N–H and O–H groups in total. The number of nitrogens with zero attached hydrogens (tertiary/aromatic N) is 3. The van der Waals surface area contributed by atoms with E-state index in [0.717, 1.165) is 49.8 Å². The number of hydrogen-bond acceptors (Lipinski definition) is 8. The number of benzene rings is 2. The molecule has 3 aromatic rings. The number of anilines is 2. The lowest BCUT2D eigenvalue weighted by molar-refractivity contribution is 0.0160. The third-order valence-corrected chi connectivity index (χ3v) is 5.97. The molecule has 1 atom stereocenters. The van der Waals surface area contributed by atoms with Crippen LogP contribution in [0, 0.1) is 0 Å². The third kappa shape index (κ3) is 7.80. The molecular formula is C28H36N6O3. The van der Waals surface area contributed by atoms with Crippen molar-refractivity contribution in [3.63, 3.8) is 0 Å². The van der Waals surface area contributed by atoms with Crippen molar-refractivity contribution in [3.05, 3.63) is 72.2 Å². The van der Waals surface area contributed by atoms with E-state index in [4.69, 9.17) is 20.3 Å². The summed E-state index contributed by atoms with van der Waals surface area (Å²) >= 11 is 0. The normalized spacial score (nSPS) is 15.2. The standard InChI is InChI=1S/C28H36N6O3/c1-28(2,3)37-33-24-7-5-4-6-23(24)32-27(35)21-10-8-20(9-11-21)22-14-15-30-26(31-22)13-12-25(29)34-16-18-36-19-17-34/h4-11,14-15,25,33H,12-13,16-19,29H2,1-3H3,(H,32,35). The van der Waals surface area contributed by atoms with Crippen LogP contribution in [0.15, 0.2) is 60.8 Å². The summed E-state index contributed by atoms with van der Waals surface area (Å²) in [4.78, 5) is 30.0. The summed E-state index contributed by atoms with van der Waals surface area (Å²) in [5, 5.41) is 2.95. The number of amides is 1. The maximum absolute atomic E-state index is 12.9. The molecule has 0 aliphatic carbocycles. The lowest BCUT2D eigenvalue weighted by atomic mass is 10.1. The number of nitrogens with one attached hydrogen (secondary N) is 2. The Bertz CT molecular complexity index is 1170. The average molecular weight is 505 g/mol. The maximum atomic E-state index is 12.9. The van der Waals surface area contributed by atoms with Gasteiger partial charge < -0.3 is 15.8 Å². The van der Waals surface area contributed by atoms with Gasteiger partial charge in [-0.05, 0) is 57.5 Å². The second-order valence-corrected chi connectivity index (χ2v) is 10.0. The average Bonchev–Trinajstić information content (AvgIpc) is 2.91. The molecule has 1 amide bonds. The lowest BCUT2D eigenvalue weighted by Crippen LogP contribution is -2.48. The quantitative estimate of drug-likeness (QED) is 0.374. The van der Waals surface area contributed by atoms with Crippen LogP contribution in [0.2, 0.25) is 0 Å². The monoisotopic (exact) mass is 504 g/mol. The minimum atomic E-state index is -0.372. The summed E-state index contributed by atoms with van der Waals surface area (Å²) in [6, 6.07) is 16.7. The first-order valence-corrected chi connectivity index (χ1v) is 12.6. The fourth-order valence-corrected chi connectivity index (χ4v) is 3.93. The van der Waals surface area contributed by atoms with Crippen molar-refractivity contribution < 1.29 is 14.4 Å². The van der Waals surface area contributed by atoms with E-state index in [9.17, 15) is 4.79 Å². The molecule has 0 spiro atoms. The van der Waals surface area contributed by atoms with Crippen molar-refractivity contribution in [2.75, 3.05) is 37.1 Å². The van der Waals surface area contributed by atoms with Crippen LogP contribution in [0.25, 0.3) is 11.3 Å². The van der Waals surface area contributed by atoms with Crippen LogP contribution in [-0.4, -0.2) is 58.8 Å². The van der Waals surface area contributed by atoms with Crippen molar-refractivity contribution in [1.29, 1.82) is 0 Å². The molecule has 9 heteroatoms. The molecule has 196 valence electrons. The molecule has 1 aliphatic rings. The largest absolute Gasteiger partial charge is 0.379 e. The summed E-state index contributed by atoms with van der Waals surface area (Å²) in [6.07, 6.45) is 3.20. The SMILES string of the molecule is CC(C)(C)ONc1ccccc1NC(=O)c1ccc(-c2ccnc(CCC(N)N3CCOCC3)n2)cc1. The molecule has 1 unspecified atom stereocenters. The van der Waals surface area contributed by atoms with Gasteiger partial charge in [0, 0.05) is 36.8 Å². The summed E-state index contributed by atoms with van der Waals surface area (Å²) in [5.41, 5.74) is 12.5. The highest BCUT2D eigenvalue weighted by Crippen LogP contribution is 2.24. The van der Waals surface area contributed by atoms with E-state index in [2.05, 4.69) is 20.7 Å². The highest BCUT2D eigenvalue weighted by Gasteiger charge is 2.18. The molecular weight excluding hydrogens is 468 g/mol. The number of carbonyl (C=O) groups is 1. The van der Waals surface area contributed by atoms with Gasteiger partial charge >= 0.3 is 0 Å². The fourth-order valence-electron chi connectivity index (χ4n) is 3.93. The second kappa shape index (κ2) is 12.2. The van der Waals surface area contributed by atoms with E-state index >= 15 is 0 Å². The Labute approximate surface area is 218 Å². The van der Waals surface area contributed by atoms with E-state index in [1.54, 1.807) is 18.3 Å². The molecule has 2 aromatic carbocycles. The summed E-state index contributed by atoms with van der Waals surface area (Å²) in [6.45, 7) is 9.01. The molecule has 1 aliphatic heterocycles. The van der Waals surface area contributed by atoms with Crippen molar-refractivity contribution in [1.82, 2.24) is 14.9 Å². The highest BCUT2D eigenvalue weighted by molar-refractivity contribution is 6.06. The van der Waals surface area contributed by atoms with Crippen molar-refractivity contribution in [3.8, 4) is 11.3 Å². The molecule has 9 nitrogen and oxygen atoms in total. The minimum Gasteiger partial charge on any atom is -0.379 e. The molecule has 4 rings (SSSR count). The maximum Gasteiger partial charge on any atom is 0.255 e. The predicted molar refractivity (Wildman–Crippen MR) is 145 cm³/mol. The first-order valence-electron chi connectivity index (χ1n) is 12.6. The fraction of sp³-hybridized carbons (Fsp3) is 0.393. The van der Waals surface area contributed by atoms with Gasteiger partial charge in [0.15, 0.2) is 0 Å². The van der Waals surface area contributed by atoms with Crippen LogP contribution < -0.4 is 16.5 Å². The van der Waals surface area contributed by atoms with Gasteiger partial charge in [-0.25, -0.2) is 9.97 Å². The highest BCUT2D eigenvalue weighted by atomic mass is 16.7. The van der Waals surface area contributed by atoms with E-state index in [1.807, 2.05) is 63.2 Å². The van der Waals surface area contributed by atoms with Gasteiger partial charge in [-0.15, -0.1) is 0 Å². The lowest BCUT2D eigenvalue weighted by Gasteiger charge is -2.31. The Morgan fingerprint density at radius 1 is 1.08 bits per heavy atom. The first-order chi connectivity index (χ1) is 17.8. The van der Waals surface area contributed by atoms with Crippen LogP contribution in [0.1, 0.15) is 43.4 Å². The van der Waals surface area contributed by atoms with Crippen LogP contribution in [-0.2, 0) is 16.0 Å². The van der Waals surface area contributed by atoms with Crippen molar-refractivity contribution >= 4 is 17.3 Å². The number of rotatable bonds is 9. The van der Waals surface area contributed by atoms with Gasteiger partial charge in [-0.3, -0.25) is 20.0 Å². The van der Waals surface area contributed by atoms with Crippen LogP contribution in [0.5, 0.6) is 0 Å². The molecule has 1 aromatic heterocycles. The summed E-state index contributed by atoms with van der Waals surface area (Å²) in [7, 11) is 0. The second-order valence-electron chi connectivity index (χ2n) is 10.0. The number of hydrogen-bond donors (Lipinski definition) is 3. The third-order valence-electron chi connectivity index (χ3n) is 5.97. The molecule has 37 heavy (non-hydrogen) atoms. The van der Waals surface area contributed by atoms with Gasteiger partial charge in [0.1, 0.15) is 5.82 Å². The Hall–Kier alpha value is -3.37. The number of para-hydroxylation sites is 2. The molecule has 0 bridgehead atoms. The zero-order chi connectivity index (χ0) is 26.3. The Morgan fingerprint density at radius 2 is 1.78 bits per heavy atom. The van der Waals surface area contributed by atoms with E-state index < -0.39 is 0 Å². The van der Waals surface area contributed by atoms with E-state index in [-0.39, 0.29) is 17.7 Å². The van der Waals surface area contributed by atoms with Crippen LogP contribution >= 0.6 is 0 Å². The predicted octanol–water partition coefficient (Wildman–Crippen LogP) is 4.09. The molecule has 1 saturated heterocycles. The van der Waals surface area contributed by atoms with Crippen molar-refractivity contribution in [2.45, 2.75) is 45.4 Å². The van der Waals surface area contributed by atoms with Crippen molar-refractivity contribution in [2.24, 2.45) is 5.73 Å². The Balaban J connectivity index is 1.37. The van der Waals surface area contributed by atoms with Crippen LogP contribution in [0.4, 0.5) is 11.4 Å². The Kier molecular flexibility index (Phi) is 8.83. The van der Waals surface area contributed by atoms with E-state index in [1.165, 1.54) is 0 Å². The molecule has 1 fully saturated rings. The molecule has 2 heterocycles. The first kappa shape index (κ1) is 26.7. The van der Waals surface area contributed by atoms with Gasteiger partial charge in [-0.2, -0.15) is 0 Å². The zero-order valence-corrected chi connectivity index (χ0v) is 21.7. The van der Waals surface area contributed by atoms with Crippen LogP contribution in [0.3, 0.4) is 0 Å². The van der Waals surface area contributed by atoms with Gasteiger partial charge in [0.2, 0.25) is 0 Å². The number of morpholine rings is 1. The number of nitrogens with two attached hydrogens (primary N) is 1. The van der Waals surface area contributed by atoms with Gasteiger partial charge in [0.05, 0.1) is 42.0 Å². The van der Waals surface area contributed by atoms with Gasteiger partial charge in [0.25, 0.3) is 5.91 Å². The smallest absolute Gasteiger partial charge is 0.255 e. The topological polar surface area (TPSA) is 115 Å². The summed E-state index contributed by atoms with van der Waals surface area (Å²) in [5.74, 6) is 0.543. The Morgan fingerprint density at radius 3 is 2.49 bits per heavy atom. The number of aryl methyl sites for hydroxylation is 1. The van der Waals surface area contributed by atoms with E-state index in [0.29, 0.717) is 23.4 Å². The minimum absolute atomic E-state index is 0.0330. The molecule has 0 radical (unpaired) electrons.